The summed E-state index contributed by atoms with van der Waals surface area (Å²) in [5.74, 6) is 0.629. The number of hydrogen-bond donors (Lipinski definition) is 2. The first-order chi connectivity index (χ1) is 8.20. The number of likely N-dealkylation sites (N-methyl/N-ethyl adjacent to an activating group) is 1. The molecule has 0 bridgehead atoms. The first kappa shape index (κ1) is 11.9. The zero-order chi connectivity index (χ0) is 12.3. The van der Waals surface area contributed by atoms with Crippen molar-refractivity contribution in [1.29, 1.82) is 0 Å². The lowest BCUT2D eigenvalue weighted by atomic mass is 10.2. The molecule has 0 aliphatic carbocycles. The van der Waals surface area contributed by atoms with E-state index >= 15 is 0 Å². The number of nitrogens with one attached hydrogen (secondary N) is 1. The third-order valence-corrected chi connectivity index (χ3v) is 3.15. The van der Waals surface area contributed by atoms with Gasteiger partial charge in [-0.2, -0.15) is 0 Å². The molecule has 0 saturated carbocycles. The van der Waals surface area contributed by atoms with E-state index in [0.29, 0.717) is 5.82 Å². The van der Waals surface area contributed by atoms with E-state index in [9.17, 15) is 4.79 Å². The summed E-state index contributed by atoms with van der Waals surface area (Å²) in [7, 11) is 1.68. The summed E-state index contributed by atoms with van der Waals surface area (Å²) >= 11 is 0. The molecule has 1 atom stereocenters. The molecular formula is C12H18N4O. The van der Waals surface area contributed by atoms with E-state index in [2.05, 4.69) is 15.2 Å². The average Bonchev–Trinajstić information content (AvgIpc) is 2.79. The van der Waals surface area contributed by atoms with E-state index in [0.717, 1.165) is 31.5 Å². The highest BCUT2D eigenvalue weighted by Crippen LogP contribution is 2.20. The lowest BCUT2D eigenvalue weighted by Gasteiger charge is -2.22. The molecule has 1 saturated heterocycles. The highest BCUT2D eigenvalue weighted by Gasteiger charge is 2.29. The highest BCUT2D eigenvalue weighted by molar-refractivity contribution is 5.81. The van der Waals surface area contributed by atoms with Crippen LogP contribution in [-0.2, 0) is 11.3 Å². The van der Waals surface area contributed by atoms with E-state index < -0.39 is 0 Å². The Kier molecular flexibility index (Phi) is 3.58. The molecule has 3 N–H and O–H groups in total. The number of hydrogen-bond acceptors (Lipinski definition) is 4. The second-order valence-corrected chi connectivity index (χ2v) is 4.33. The number of nitrogens with two attached hydrogens (primary N) is 1. The molecule has 1 aliphatic heterocycles. The number of nitrogen functional groups attached to an aromatic ring is 1. The van der Waals surface area contributed by atoms with Crippen molar-refractivity contribution < 1.29 is 4.79 Å². The monoisotopic (exact) mass is 234 g/mol. The van der Waals surface area contributed by atoms with Gasteiger partial charge in [0.1, 0.15) is 5.82 Å². The number of nitrogens with zero attached hydrogens (tertiary/aromatic N) is 2. The minimum absolute atomic E-state index is 0.00227. The fraction of sp³-hybridized carbons (Fsp3) is 0.500. The number of carbonyl (C=O) groups is 1. The lowest BCUT2D eigenvalue weighted by molar-refractivity contribution is -0.125. The molecule has 5 nitrogen and oxygen atoms in total. The van der Waals surface area contributed by atoms with E-state index in [1.165, 1.54) is 0 Å². The molecular weight excluding hydrogens is 216 g/mol. The summed E-state index contributed by atoms with van der Waals surface area (Å²) < 4.78 is 0. The fourth-order valence-electron chi connectivity index (χ4n) is 2.24. The van der Waals surface area contributed by atoms with Gasteiger partial charge in [0.05, 0.1) is 6.04 Å². The lowest BCUT2D eigenvalue weighted by Crippen LogP contribution is -2.41. The summed E-state index contributed by atoms with van der Waals surface area (Å²) in [6.45, 7) is 1.72. The van der Waals surface area contributed by atoms with Crippen molar-refractivity contribution in [3.63, 3.8) is 0 Å². The Morgan fingerprint density at radius 2 is 2.47 bits per heavy atom. The van der Waals surface area contributed by atoms with Crippen LogP contribution in [-0.4, -0.2) is 35.4 Å². The zero-order valence-corrected chi connectivity index (χ0v) is 10.0. The molecule has 1 aromatic heterocycles. The second-order valence-electron chi connectivity index (χ2n) is 4.33. The predicted octanol–water partition coefficient (Wildman–Crippen LogP) is 0.374. The van der Waals surface area contributed by atoms with E-state index in [1.807, 2.05) is 6.07 Å². The minimum Gasteiger partial charge on any atom is -0.384 e. The third-order valence-electron chi connectivity index (χ3n) is 3.15. The van der Waals surface area contributed by atoms with Gasteiger partial charge in [0.25, 0.3) is 0 Å². The molecule has 2 rings (SSSR count). The standard InChI is InChI=1S/C12H18N4O/c1-14-12(17)10-3-2-6-16(10)8-9-4-5-11(13)15-7-9/h4-5,7,10H,2-3,6,8H2,1H3,(H2,13,15)(H,14,17). The fourth-order valence-corrected chi connectivity index (χ4v) is 2.24. The predicted molar refractivity (Wildman–Crippen MR) is 66.1 cm³/mol. The first-order valence-corrected chi connectivity index (χ1v) is 5.87. The maximum atomic E-state index is 11.7. The van der Waals surface area contributed by atoms with Crippen molar-refractivity contribution in [2.24, 2.45) is 0 Å². The van der Waals surface area contributed by atoms with Gasteiger partial charge in [-0.05, 0) is 31.0 Å². The van der Waals surface area contributed by atoms with Crippen molar-refractivity contribution in [3.05, 3.63) is 23.9 Å². The number of aromatic nitrogens is 1. The van der Waals surface area contributed by atoms with Crippen molar-refractivity contribution in [2.75, 3.05) is 19.3 Å². The van der Waals surface area contributed by atoms with Gasteiger partial charge in [0.15, 0.2) is 0 Å². The normalized spacial score (nSPS) is 20.4. The maximum Gasteiger partial charge on any atom is 0.237 e. The van der Waals surface area contributed by atoms with Gasteiger partial charge in [0.2, 0.25) is 5.91 Å². The van der Waals surface area contributed by atoms with Gasteiger partial charge in [-0.15, -0.1) is 0 Å². The maximum absolute atomic E-state index is 11.7. The SMILES string of the molecule is CNC(=O)C1CCCN1Cc1ccc(N)nc1. The van der Waals surface area contributed by atoms with Gasteiger partial charge in [-0.3, -0.25) is 9.69 Å². The molecule has 0 aromatic carbocycles. The van der Waals surface area contributed by atoms with Gasteiger partial charge < -0.3 is 11.1 Å². The molecule has 1 fully saturated rings. The summed E-state index contributed by atoms with van der Waals surface area (Å²) in [4.78, 5) is 17.9. The second kappa shape index (κ2) is 5.14. The van der Waals surface area contributed by atoms with Crippen molar-refractivity contribution >= 4 is 11.7 Å². The summed E-state index contributed by atoms with van der Waals surface area (Å²) in [5.41, 5.74) is 6.64. The number of amides is 1. The zero-order valence-electron chi connectivity index (χ0n) is 10.0. The minimum atomic E-state index is -0.00227. The van der Waals surface area contributed by atoms with Gasteiger partial charge in [0, 0.05) is 19.8 Å². The number of likely N-dealkylation sites (tertiary alicyclic amines) is 1. The number of rotatable bonds is 3. The average molecular weight is 234 g/mol. The van der Waals surface area contributed by atoms with Gasteiger partial charge >= 0.3 is 0 Å². The number of pyridine rings is 1. The van der Waals surface area contributed by atoms with Crippen LogP contribution in [0.5, 0.6) is 0 Å². The highest BCUT2D eigenvalue weighted by atomic mass is 16.2. The van der Waals surface area contributed by atoms with Gasteiger partial charge in [-0.1, -0.05) is 6.07 Å². The third kappa shape index (κ3) is 2.74. The summed E-state index contributed by atoms with van der Waals surface area (Å²) in [5, 5.41) is 2.72. The number of carbonyl (C=O) groups excluding carboxylic acids is 1. The van der Waals surface area contributed by atoms with Gasteiger partial charge in [-0.25, -0.2) is 4.98 Å². The largest absolute Gasteiger partial charge is 0.384 e. The Morgan fingerprint density at radius 1 is 1.65 bits per heavy atom. The van der Waals surface area contributed by atoms with Crippen LogP contribution in [0, 0.1) is 0 Å². The molecule has 1 aliphatic rings. The molecule has 0 spiro atoms. The van der Waals surface area contributed by atoms with Crippen molar-refractivity contribution in [2.45, 2.75) is 25.4 Å². The first-order valence-electron chi connectivity index (χ1n) is 5.87. The molecule has 92 valence electrons. The Hall–Kier alpha value is -1.62. The summed E-state index contributed by atoms with van der Waals surface area (Å²) in [6, 6.07) is 3.75. The van der Waals surface area contributed by atoms with E-state index in [4.69, 9.17) is 5.73 Å². The van der Waals surface area contributed by atoms with Crippen LogP contribution < -0.4 is 11.1 Å². The Balaban J connectivity index is 2.02. The molecule has 1 unspecified atom stereocenters. The van der Waals surface area contributed by atoms with Crippen LogP contribution in [0.4, 0.5) is 5.82 Å². The molecule has 2 heterocycles. The van der Waals surface area contributed by atoms with Crippen LogP contribution in [0.15, 0.2) is 18.3 Å². The van der Waals surface area contributed by atoms with Crippen LogP contribution in [0.2, 0.25) is 0 Å². The molecule has 1 aromatic rings. The topological polar surface area (TPSA) is 71.2 Å². The van der Waals surface area contributed by atoms with Crippen molar-refractivity contribution in [3.8, 4) is 0 Å². The van der Waals surface area contributed by atoms with E-state index in [-0.39, 0.29) is 11.9 Å². The van der Waals surface area contributed by atoms with E-state index in [1.54, 1.807) is 19.3 Å². The Morgan fingerprint density at radius 3 is 3.12 bits per heavy atom. The smallest absolute Gasteiger partial charge is 0.237 e. The molecule has 0 radical (unpaired) electrons. The Bertz CT molecular complexity index is 390. The van der Waals surface area contributed by atoms with Crippen molar-refractivity contribution in [1.82, 2.24) is 15.2 Å². The molecule has 5 heteroatoms. The number of anilines is 1. The summed E-state index contributed by atoms with van der Waals surface area (Å²) in [6.07, 6.45) is 3.77. The molecule has 17 heavy (non-hydrogen) atoms. The van der Waals surface area contributed by atoms with Crippen LogP contribution >= 0.6 is 0 Å². The Labute approximate surface area is 101 Å². The molecule has 1 amide bonds. The van der Waals surface area contributed by atoms with Crippen LogP contribution in [0.1, 0.15) is 18.4 Å². The van der Waals surface area contributed by atoms with Crippen LogP contribution in [0.3, 0.4) is 0 Å². The van der Waals surface area contributed by atoms with Crippen LogP contribution in [0.25, 0.3) is 0 Å². The quantitative estimate of drug-likeness (QED) is 0.793.